The summed E-state index contributed by atoms with van der Waals surface area (Å²) in [6.07, 6.45) is 82.8. The lowest BCUT2D eigenvalue weighted by atomic mass is 10.0. The summed E-state index contributed by atoms with van der Waals surface area (Å²) in [5.74, 6) is -0.872. The molecule has 6 heteroatoms. The summed E-state index contributed by atoms with van der Waals surface area (Å²) in [4.78, 5) is 38.3. The molecule has 1 atom stereocenters. The molecule has 77 heavy (non-hydrogen) atoms. The second kappa shape index (κ2) is 65.9. The summed E-state index contributed by atoms with van der Waals surface area (Å²) in [5, 5.41) is 0. The van der Waals surface area contributed by atoms with Crippen molar-refractivity contribution in [2.45, 2.75) is 374 Å². The van der Waals surface area contributed by atoms with E-state index in [9.17, 15) is 14.4 Å². The van der Waals surface area contributed by atoms with Crippen LogP contribution in [0.5, 0.6) is 0 Å². The fraction of sp³-hybridized carbons (Fsp3) is 0.845. The largest absolute Gasteiger partial charge is 0.462 e. The highest BCUT2D eigenvalue weighted by Crippen LogP contribution is 2.17. The van der Waals surface area contributed by atoms with Crippen LogP contribution in [-0.4, -0.2) is 37.2 Å². The van der Waals surface area contributed by atoms with E-state index in [-0.39, 0.29) is 31.1 Å². The van der Waals surface area contributed by atoms with Crippen molar-refractivity contribution in [3.05, 3.63) is 48.6 Å². The van der Waals surface area contributed by atoms with E-state index < -0.39 is 6.10 Å². The van der Waals surface area contributed by atoms with Crippen molar-refractivity contribution in [3.63, 3.8) is 0 Å². The summed E-state index contributed by atoms with van der Waals surface area (Å²) < 4.78 is 16.9. The minimum Gasteiger partial charge on any atom is -0.462 e. The van der Waals surface area contributed by atoms with E-state index in [0.717, 1.165) is 77.0 Å². The van der Waals surface area contributed by atoms with Crippen LogP contribution in [0.2, 0.25) is 0 Å². The Labute approximate surface area is 479 Å². The average Bonchev–Trinajstić information content (AvgIpc) is 3.43. The highest BCUT2D eigenvalue weighted by atomic mass is 16.6. The van der Waals surface area contributed by atoms with Crippen LogP contribution in [0.1, 0.15) is 367 Å². The fourth-order valence-electron chi connectivity index (χ4n) is 10.1. The monoisotopic (exact) mass is 1080 g/mol. The maximum atomic E-state index is 12.9. The van der Waals surface area contributed by atoms with Crippen LogP contribution in [0.25, 0.3) is 0 Å². The van der Waals surface area contributed by atoms with Gasteiger partial charge in [-0.3, -0.25) is 14.4 Å². The highest BCUT2D eigenvalue weighted by molar-refractivity contribution is 5.71. The van der Waals surface area contributed by atoms with Crippen LogP contribution in [0.15, 0.2) is 48.6 Å². The number of hydrogen-bond acceptors (Lipinski definition) is 6. The Kier molecular flexibility index (Phi) is 63.6. The zero-order chi connectivity index (χ0) is 55.7. The van der Waals surface area contributed by atoms with Gasteiger partial charge in [-0.1, -0.05) is 294 Å². The van der Waals surface area contributed by atoms with Crippen LogP contribution in [0, 0.1) is 0 Å². The molecule has 0 aliphatic heterocycles. The van der Waals surface area contributed by atoms with Crippen LogP contribution in [0.4, 0.5) is 0 Å². The fourth-order valence-corrected chi connectivity index (χ4v) is 10.1. The lowest BCUT2D eigenvalue weighted by molar-refractivity contribution is -0.167. The van der Waals surface area contributed by atoms with Gasteiger partial charge in [-0.05, 0) is 103 Å². The molecule has 0 spiro atoms. The molecular weight excluding hydrogens is 949 g/mol. The van der Waals surface area contributed by atoms with E-state index in [0.29, 0.717) is 19.3 Å². The molecule has 0 rings (SSSR count). The SMILES string of the molecule is CCCCC/C=C\C/C=C\CCCCCCCCCC(=O)OC(COC(=O)CCCCCCC/C=C\CCCCCC)COC(=O)CCCCCCCCCCCCCCCCCCC/C=C\CCCCCCCCCC. The number of allylic oxidation sites excluding steroid dienone is 8. The lowest BCUT2D eigenvalue weighted by Crippen LogP contribution is -2.30. The van der Waals surface area contributed by atoms with Crippen LogP contribution >= 0.6 is 0 Å². The van der Waals surface area contributed by atoms with Crippen LogP contribution in [-0.2, 0) is 28.6 Å². The first-order valence-electron chi connectivity index (χ1n) is 34.1. The predicted molar refractivity (Wildman–Crippen MR) is 335 cm³/mol. The molecule has 0 saturated carbocycles. The zero-order valence-electron chi connectivity index (χ0n) is 51.7. The van der Waals surface area contributed by atoms with Gasteiger partial charge < -0.3 is 14.2 Å². The van der Waals surface area contributed by atoms with E-state index in [1.165, 1.54) is 250 Å². The number of ether oxygens (including phenoxy) is 3. The van der Waals surface area contributed by atoms with Gasteiger partial charge in [0.1, 0.15) is 13.2 Å². The second-order valence-electron chi connectivity index (χ2n) is 23.1. The van der Waals surface area contributed by atoms with Crippen molar-refractivity contribution in [1.82, 2.24) is 0 Å². The number of hydrogen-bond donors (Lipinski definition) is 0. The summed E-state index contributed by atoms with van der Waals surface area (Å²) in [6.45, 7) is 6.64. The summed E-state index contributed by atoms with van der Waals surface area (Å²) in [5.41, 5.74) is 0. The Bertz CT molecular complexity index is 1330. The molecule has 0 aliphatic rings. The number of carbonyl (C=O) groups is 3. The predicted octanol–water partition coefficient (Wildman–Crippen LogP) is 23.3. The number of carbonyl (C=O) groups excluding carboxylic acids is 3. The lowest BCUT2D eigenvalue weighted by Gasteiger charge is -2.18. The molecule has 0 bridgehead atoms. The molecule has 0 aromatic rings. The van der Waals surface area contributed by atoms with Crippen molar-refractivity contribution in [2.75, 3.05) is 13.2 Å². The molecule has 0 aromatic carbocycles. The molecule has 0 amide bonds. The molecule has 0 aromatic heterocycles. The third-order valence-corrected chi connectivity index (χ3v) is 15.3. The van der Waals surface area contributed by atoms with Gasteiger partial charge in [0.05, 0.1) is 0 Å². The first-order valence-corrected chi connectivity index (χ1v) is 34.1. The van der Waals surface area contributed by atoms with Gasteiger partial charge in [0.2, 0.25) is 0 Å². The zero-order valence-corrected chi connectivity index (χ0v) is 51.7. The van der Waals surface area contributed by atoms with Crippen molar-refractivity contribution in [3.8, 4) is 0 Å². The van der Waals surface area contributed by atoms with Crippen LogP contribution in [0.3, 0.4) is 0 Å². The smallest absolute Gasteiger partial charge is 0.306 e. The van der Waals surface area contributed by atoms with Gasteiger partial charge >= 0.3 is 17.9 Å². The minimum atomic E-state index is -0.780. The Morgan fingerprint density at radius 2 is 0.468 bits per heavy atom. The first kappa shape index (κ1) is 74.4. The third-order valence-electron chi connectivity index (χ3n) is 15.3. The van der Waals surface area contributed by atoms with Gasteiger partial charge in [0.25, 0.3) is 0 Å². The van der Waals surface area contributed by atoms with Gasteiger partial charge in [-0.25, -0.2) is 0 Å². The van der Waals surface area contributed by atoms with Gasteiger partial charge in [0.15, 0.2) is 6.10 Å². The highest BCUT2D eigenvalue weighted by Gasteiger charge is 2.19. The van der Waals surface area contributed by atoms with Crippen molar-refractivity contribution < 1.29 is 28.6 Å². The normalized spacial score (nSPS) is 12.3. The quantitative estimate of drug-likeness (QED) is 0.0261. The molecule has 0 aliphatic carbocycles. The van der Waals surface area contributed by atoms with Crippen LogP contribution < -0.4 is 0 Å². The van der Waals surface area contributed by atoms with E-state index in [1.54, 1.807) is 0 Å². The summed E-state index contributed by atoms with van der Waals surface area (Å²) in [7, 11) is 0. The first-order chi connectivity index (χ1) is 38.0. The maximum absolute atomic E-state index is 12.9. The molecule has 1 unspecified atom stereocenters. The second-order valence-corrected chi connectivity index (χ2v) is 23.1. The molecular formula is C71H130O6. The van der Waals surface area contributed by atoms with Gasteiger partial charge in [-0.15, -0.1) is 0 Å². The molecule has 0 N–H and O–H groups in total. The summed E-state index contributed by atoms with van der Waals surface area (Å²) >= 11 is 0. The van der Waals surface area contributed by atoms with Crippen molar-refractivity contribution in [1.29, 1.82) is 0 Å². The van der Waals surface area contributed by atoms with E-state index in [2.05, 4.69) is 69.4 Å². The molecule has 6 nitrogen and oxygen atoms in total. The number of unbranched alkanes of at least 4 members (excludes halogenated alkanes) is 44. The maximum Gasteiger partial charge on any atom is 0.306 e. The standard InChI is InChI=1S/C71H130O6/c1-4-7-10-13-16-19-22-25-27-29-30-31-32-33-34-35-36-37-38-39-40-42-43-46-49-52-55-58-61-64-70(73)76-67-68(66-75-69(72)63-60-57-54-51-48-45-24-21-18-15-12-9-6-3)77-71(74)65-62-59-56-53-50-47-44-41-28-26-23-20-17-14-11-8-5-2/h17,20-21,24,26,28-30,68H,4-16,18-19,22-23,25,27,31-67H2,1-3H3/b20-17-,24-21-,28-26-,30-29-. The van der Waals surface area contributed by atoms with Gasteiger partial charge in [0, 0.05) is 19.3 Å². The average molecular weight is 1080 g/mol. The minimum absolute atomic E-state index is 0.0757. The molecule has 0 saturated heterocycles. The number of esters is 3. The van der Waals surface area contributed by atoms with Gasteiger partial charge in [-0.2, -0.15) is 0 Å². The van der Waals surface area contributed by atoms with Crippen molar-refractivity contribution in [2.24, 2.45) is 0 Å². The molecule has 0 heterocycles. The van der Waals surface area contributed by atoms with E-state index in [1.807, 2.05) is 0 Å². The van der Waals surface area contributed by atoms with E-state index in [4.69, 9.17) is 14.2 Å². The Balaban J connectivity index is 4.19. The molecule has 0 fully saturated rings. The number of rotatable bonds is 63. The van der Waals surface area contributed by atoms with E-state index >= 15 is 0 Å². The summed E-state index contributed by atoms with van der Waals surface area (Å²) in [6, 6.07) is 0. The molecule has 450 valence electrons. The Morgan fingerprint density at radius 1 is 0.260 bits per heavy atom. The Morgan fingerprint density at radius 3 is 0.766 bits per heavy atom. The topological polar surface area (TPSA) is 78.9 Å². The van der Waals surface area contributed by atoms with Crippen molar-refractivity contribution >= 4 is 17.9 Å². The molecule has 0 radical (unpaired) electrons. The third kappa shape index (κ3) is 64.1. The Hall–Kier alpha value is -2.63.